The molecule has 2 aromatic carbocycles. The van der Waals surface area contributed by atoms with Crippen molar-refractivity contribution in [2.24, 2.45) is 0 Å². The molecule has 9 nitrogen and oxygen atoms in total. The maximum atomic E-state index is 13.4. The lowest BCUT2D eigenvalue weighted by Gasteiger charge is -2.31. The number of nitrogens with one attached hydrogen (secondary N) is 1. The molecule has 0 saturated heterocycles. The van der Waals surface area contributed by atoms with Gasteiger partial charge in [0.25, 0.3) is 0 Å². The van der Waals surface area contributed by atoms with Crippen LogP contribution >= 0.6 is 0 Å². The third-order valence-electron chi connectivity index (χ3n) is 5.33. The molecule has 1 unspecified atom stereocenters. The Balaban J connectivity index is 1.84. The second kappa shape index (κ2) is 10.6. The van der Waals surface area contributed by atoms with Gasteiger partial charge >= 0.3 is 0 Å². The first-order valence-corrected chi connectivity index (χ1v) is 12.5. The van der Waals surface area contributed by atoms with Crippen LogP contribution in [-0.2, 0) is 26.0 Å². The summed E-state index contributed by atoms with van der Waals surface area (Å²) in [5, 5.41) is 2.73. The molecule has 1 aliphatic heterocycles. The Kier molecular flexibility index (Phi) is 7.80. The highest BCUT2D eigenvalue weighted by Gasteiger charge is 2.30. The molecule has 1 aliphatic rings. The lowest BCUT2D eigenvalue weighted by molar-refractivity contribution is -0.138. The van der Waals surface area contributed by atoms with Crippen molar-refractivity contribution < 1.29 is 27.5 Å². The number of hydrogen-bond acceptors (Lipinski definition) is 6. The van der Waals surface area contributed by atoms with Crippen LogP contribution in [0.4, 0.5) is 5.69 Å². The number of amides is 2. The first kappa shape index (κ1) is 24.4. The molecule has 2 amide bonds. The minimum Gasteiger partial charge on any atom is -0.454 e. The molecule has 1 heterocycles. The number of likely N-dealkylation sites (N-methyl/N-ethyl adjacent to an activating group) is 1. The number of benzene rings is 2. The maximum absolute atomic E-state index is 13.4. The Bertz CT molecular complexity index is 1090. The van der Waals surface area contributed by atoms with Crippen LogP contribution in [0.3, 0.4) is 0 Å². The van der Waals surface area contributed by atoms with Gasteiger partial charge in [-0.25, -0.2) is 8.42 Å². The molecule has 0 aromatic heterocycles. The normalized spacial score (nSPS) is 13.3. The van der Waals surface area contributed by atoms with Crippen LogP contribution in [0, 0.1) is 0 Å². The monoisotopic (exact) mass is 475 g/mol. The largest absolute Gasteiger partial charge is 0.454 e. The van der Waals surface area contributed by atoms with Crippen molar-refractivity contribution in [1.82, 2.24) is 10.2 Å². The van der Waals surface area contributed by atoms with E-state index < -0.39 is 28.5 Å². The summed E-state index contributed by atoms with van der Waals surface area (Å²) in [6.45, 7) is 3.73. The predicted molar refractivity (Wildman–Crippen MR) is 125 cm³/mol. The Hall–Kier alpha value is -3.27. The lowest BCUT2D eigenvalue weighted by Crippen LogP contribution is -2.52. The van der Waals surface area contributed by atoms with E-state index in [-0.39, 0.29) is 24.9 Å². The highest BCUT2D eigenvalue weighted by Crippen LogP contribution is 2.36. The highest BCUT2D eigenvalue weighted by molar-refractivity contribution is 7.92. The van der Waals surface area contributed by atoms with Crippen molar-refractivity contribution in [3.05, 3.63) is 54.1 Å². The van der Waals surface area contributed by atoms with Crippen molar-refractivity contribution in [3.63, 3.8) is 0 Å². The van der Waals surface area contributed by atoms with Gasteiger partial charge in [0.15, 0.2) is 11.5 Å². The average molecular weight is 476 g/mol. The summed E-state index contributed by atoms with van der Waals surface area (Å²) < 4.78 is 36.8. The number of rotatable bonds is 10. The van der Waals surface area contributed by atoms with Crippen molar-refractivity contribution in [2.45, 2.75) is 26.3 Å². The van der Waals surface area contributed by atoms with Gasteiger partial charge in [0.05, 0.1) is 11.9 Å². The SMILES string of the molecule is CCNC(=O)C(C)N(CCc1ccccc1)C(=O)CN(c1ccc2c(c1)OCO2)S(C)(=O)=O. The summed E-state index contributed by atoms with van der Waals surface area (Å²) in [4.78, 5) is 27.3. The fourth-order valence-corrected chi connectivity index (χ4v) is 4.39. The first-order valence-electron chi connectivity index (χ1n) is 10.7. The molecule has 3 rings (SSSR count). The highest BCUT2D eigenvalue weighted by atomic mass is 32.2. The fraction of sp³-hybridized carbons (Fsp3) is 0.391. The van der Waals surface area contributed by atoms with E-state index in [1.54, 1.807) is 26.0 Å². The summed E-state index contributed by atoms with van der Waals surface area (Å²) in [5.74, 6) is 0.138. The molecule has 0 radical (unpaired) electrons. The van der Waals surface area contributed by atoms with Gasteiger partial charge < -0.3 is 19.7 Å². The minimum atomic E-state index is -3.80. The van der Waals surface area contributed by atoms with E-state index in [1.165, 1.54) is 11.0 Å². The zero-order valence-electron chi connectivity index (χ0n) is 19.0. The van der Waals surface area contributed by atoms with Crippen LogP contribution in [-0.4, -0.2) is 63.9 Å². The van der Waals surface area contributed by atoms with E-state index >= 15 is 0 Å². The Labute approximate surface area is 194 Å². The van der Waals surface area contributed by atoms with Crippen molar-refractivity contribution in [2.75, 3.05) is 37.0 Å². The van der Waals surface area contributed by atoms with Crippen LogP contribution in [0.5, 0.6) is 11.5 Å². The zero-order valence-corrected chi connectivity index (χ0v) is 19.8. The van der Waals surface area contributed by atoms with Crippen LogP contribution in [0.15, 0.2) is 48.5 Å². The molecule has 0 bridgehead atoms. The summed E-state index contributed by atoms with van der Waals surface area (Å²) in [6.07, 6.45) is 1.56. The van der Waals surface area contributed by atoms with Crippen molar-refractivity contribution in [3.8, 4) is 11.5 Å². The van der Waals surface area contributed by atoms with Crippen LogP contribution in [0.2, 0.25) is 0 Å². The van der Waals surface area contributed by atoms with E-state index in [0.717, 1.165) is 16.1 Å². The second-order valence-corrected chi connectivity index (χ2v) is 9.61. The van der Waals surface area contributed by atoms with Crippen LogP contribution in [0.25, 0.3) is 0 Å². The maximum Gasteiger partial charge on any atom is 0.244 e. The molecular weight excluding hydrogens is 446 g/mol. The van der Waals surface area contributed by atoms with Crippen LogP contribution < -0.4 is 19.1 Å². The third kappa shape index (κ3) is 6.16. The number of carbonyl (C=O) groups excluding carboxylic acids is 2. The molecule has 1 N–H and O–H groups in total. The molecule has 33 heavy (non-hydrogen) atoms. The van der Waals surface area contributed by atoms with Gasteiger partial charge in [-0.2, -0.15) is 0 Å². The second-order valence-electron chi connectivity index (χ2n) is 7.70. The molecule has 2 aromatic rings. The number of hydrogen-bond donors (Lipinski definition) is 1. The van der Waals surface area contributed by atoms with E-state index in [4.69, 9.17) is 9.47 Å². The fourth-order valence-electron chi connectivity index (χ4n) is 3.55. The van der Waals surface area contributed by atoms with Gasteiger partial charge in [0.2, 0.25) is 28.6 Å². The standard InChI is InChI=1S/C23H29N3O6S/c1-4-24-23(28)17(2)25(13-12-18-8-6-5-7-9-18)22(27)15-26(33(3,29)30)19-10-11-20-21(14-19)32-16-31-20/h5-11,14,17H,4,12-13,15-16H2,1-3H3,(H,24,28). The topological polar surface area (TPSA) is 105 Å². The Morgan fingerprint density at radius 1 is 1.09 bits per heavy atom. The van der Waals surface area contributed by atoms with E-state index in [9.17, 15) is 18.0 Å². The first-order chi connectivity index (χ1) is 15.7. The summed E-state index contributed by atoms with van der Waals surface area (Å²) >= 11 is 0. The molecule has 0 aliphatic carbocycles. The third-order valence-corrected chi connectivity index (χ3v) is 6.47. The molecule has 0 fully saturated rings. The smallest absolute Gasteiger partial charge is 0.244 e. The molecule has 0 saturated carbocycles. The summed E-state index contributed by atoms with van der Waals surface area (Å²) in [5.41, 5.74) is 1.29. The predicted octanol–water partition coefficient (Wildman–Crippen LogP) is 1.78. The molecular formula is C23H29N3O6S. The van der Waals surface area contributed by atoms with Gasteiger partial charge in [-0.1, -0.05) is 30.3 Å². The van der Waals surface area contributed by atoms with Gasteiger partial charge in [0, 0.05) is 19.2 Å². The van der Waals surface area contributed by atoms with E-state index in [2.05, 4.69) is 5.32 Å². The number of anilines is 1. The van der Waals surface area contributed by atoms with Gasteiger partial charge in [0.1, 0.15) is 12.6 Å². The summed E-state index contributed by atoms with van der Waals surface area (Å²) in [7, 11) is -3.80. The van der Waals surface area contributed by atoms with Gasteiger partial charge in [-0.15, -0.1) is 0 Å². The van der Waals surface area contributed by atoms with Crippen LogP contribution in [0.1, 0.15) is 19.4 Å². The van der Waals surface area contributed by atoms with Crippen molar-refractivity contribution >= 4 is 27.5 Å². The average Bonchev–Trinajstić information content (AvgIpc) is 3.25. The van der Waals surface area contributed by atoms with E-state index in [0.29, 0.717) is 24.5 Å². The number of nitrogens with zero attached hydrogens (tertiary/aromatic N) is 2. The minimum absolute atomic E-state index is 0.0495. The van der Waals surface area contributed by atoms with Crippen molar-refractivity contribution in [1.29, 1.82) is 0 Å². The molecule has 10 heteroatoms. The Morgan fingerprint density at radius 3 is 2.45 bits per heavy atom. The quantitative estimate of drug-likeness (QED) is 0.562. The van der Waals surface area contributed by atoms with E-state index in [1.807, 2.05) is 30.3 Å². The molecule has 178 valence electrons. The molecule has 1 atom stereocenters. The number of fused-ring (bicyclic) bond motifs is 1. The van der Waals surface area contributed by atoms with Gasteiger partial charge in [-0.05, 0) is 38.0 Å². The molecule has 0 spiro atoms. The summed E-state index contributed by atoms with van der Waals surface area (Å²) in [6, 6.07) is 13.5. The number of sulfonamides is 1. The number of ether oxygens (including phenoxy) is 2. The Morgan fingerprint density at radius 2 is 1.79 bits per heavy atom. The lowest BCUT2D eigenvalue weighted by atomic mass is 10.1. The number of carbonyl (C=O) groups is 2. The van der Waals surface area contributed by atoms with Gasteiger partial charge in [-0.3, -0.25) is 13.9 Å². The zero-order chi connectivity index (χ0) is 24.0.